The highest BCUT2D eigenvalue weighted by Crippen LogP contribution is 2.42. The highest BCUT2D eigenvalue weighted by molar-refractivity contribution is 5.99. The fourth-order valence-electron chi connectivity index (χ4n) is 5.00. The van der Waals surface area contributed by atoms with E-state index in [1.165, 1.54) is 22.8 Å². The molecule has 34 heavy (non-hydrogen) atoms. The van der Waals surface area contributed by atoms with Gasteiger partial charge in [-0.3, -0.25) is 14.5 Å². The molecule has 1 spiro atoms. The van der Waals surface area contributed by atoms with E-state index in [-0.39, 0.29) is 35.6 Å². The number of hydrogen-bond donors (Lipinski definition) is 0. The Morgan fingerprint density at radius 2 is 1.71 bits per heavy atom. The van der Waals surface area contributed by atoms with Crippen LogP contribution in [0.1, 0.15) is 53.2 Å². The Hall–Kier alpha value is -2.88. The molecular weight excluding hydrogens is 454 g/mol. The van der Waals surface area contributed by atoms with Crippen molar-refractivity contribution in [3.05, 3.63) is 53.1 Å². The summed E-state index contributed by atoms with van der Waals surface area (Å²) >= 11 is 0. The highest BCUT2D eigenvalue weighted by atomic mass is 19.4. The molecule has 184 valence electrons. The average molecular weight is 481 g/mol. The highest BCUT2D eigenvalue weighted by Gasteiger charge is 2.47. The summed E-state index contributed by atoms with van der Waals surface area (Å²) in [5.74, 6) is -2.69. The second-order valence-corrected chi connectivity index (χ2v) is 9.14. The molecule has 10 heteroatoms. The molecule has 1 fully saturated rings. The molecule has 1 aromatic carbocycles. The van der Waals surface area contributed by atoms with Crippen LogP contribution in [-0.4, -0.2) is 65.0 Å². The van der Waals surface area contributed by atoms with Crippen LogP contribution in [-0.2, 0) is 12.1 Å². The number of aromatic nitrogens is 1. The van der Waals surface area contributed by atoms with Gasteiger partial charge in [0.25, 0.3) is 11.7 Å². The van der Waals surface area contributed by atoms with Crippen LogP contribution in [0.2, 0.25) is 0 Å². The standard InChI is InChI=1S/C24H27F4N3O3/c1-15(2)34-19-6-4-16(14-17(19)25)22(33)30-10-8-23(9-11-30)20-7-5-18(21(32)24(26,27)28)31(20)13-12-29(23)3/h4-7,14-15H,8-13H2,1-3H3. The summed E-state index contributed by atoms with van der Waals surface area (Å²) in [6, 6.07) is 6.97. The third-order valence-corrected chi connectivity index (χ3v) is 6.76. The summed E-state index contributed by atoms with van der Waals surface area (Å²) in [5, 5.41) is 0. The fraction of sp³-hybridized carbons (Fsp3) is 0.500. The lowest BCUT2D eigenvalue weighted by Gasteiger charge is -2.50. The number of carbonyl (C=O) groups excluding carboxylic acids is 2. The topological polar surface area (TPSA) is 54.8 Å². The number of piperidine rings is 1. The van der Waals surface area contributed by atoms with Crippen LogP contribution >= 0.6 is 0 Å². The number of Topliss-reactive ketones (excluding diaryl/α,β-unsaturated/α-hetero) is 1. The molecule has 0 atom stereocenters. The molecule has 0 radical (unpaired) electrons. The molecule has 6 nitrogen and oxygen atoms in total. The van der Waals surface area contributed by atoms with Crippen molar-refractivity contribution < 1.29 is 31.9 Å². The van der Waals surface area contributed by atoms with Gasteiger partial charge in [0.05, 0.1) is 17.3 Å². The Kier molecular flexibility index (Phi) is 6.22. The second kappa shape index (κ2) is 8.72. The largest absolute Gasteiger partial charge is 0.488 e. The van der Waals surface area contributed by atoms with Gasteiger partial charge in [0, 0.05) is 37.4 Å². The average Bonchev–Trinajstić information content (AvgIpc) is 3.21. The van der Waals surface area contributed by atoms with E-state index in [1.54, 1.807) is 24.8 Å². The number of ether oxygens (including phenoxy) is 1. The number of amides is 1. The van der Waals surface area contributed by atoms with Crippen LogP contribution in [0.4, 0.5) is 17.6 Å². The Bertz CT molecular complexity index is 1100. The molecule has 4 rings (SSSR count). The lowest BCUT2D eigenvalue weighted by atomic mass is 9.81. The molecule has 1 saturated heterocycles. The summed E-state index contributed by atoms with van der Waals surface area (Å²) < 4.78 is 60.4. The molecule has 0 bridgehead atoms. The van der Waals surface area contributed by atoms with E-state index in [4.69, 9.17) is 4.74 Å². The smallest absolute Gasteiger partial charge is 0.456 e. The van der Waals surface area contributed by atoms with E-state index in [0.29, 0.717) is 38.2 Å². The number of nitrogens with zero attached hydrogens (tertiary/aromatic N) is 3. The lowest BCUT2D eigenvalue weighted by Crippen LogP contribution is -2.56. The van der Waals surface area contributed by atoms with Crippen LogP contribution < -0.4 is 4.74 Å². The van der Waals surface area contributed by atoms with Gasteiger partial charge < -0.3 is 14.2 Å². The number of hydrogen-bond acceptors (Lipinski definition) is 4. The van der Waals surface area contributed by atoms with Crippen molar-refractivity contribution in [1.82, 2.24) is 14.4 Å². The molecule has 3 heterocycles. The van der Waals surface area contributed by atoms with Crippen molar-refractivity contribution >= 4 is 11.7 Å². The van der Waals surface area contributed by atoms with Gasteiger partial charge in [-0.1, -0.05) is 0 Å². The summed E-state index contributed by atoms with van der Waals surface area (Å²) in [6.07, 6.45) is -4.18. The Morgan fingerprint density at radius 3 is 2.29 bits per heavy atom. The zero-order chi connectivity index (χ0) is 24.8. The van der Waals surface area contributed by atoms with Gasteiger partial charge in [-0.15, -0.1) is 0 Å². The molecule has 2 aromatic rings. The van der Waals surface area contributed by atoms with Gasteiger partial charge in [0.1, 0.15) is 0 Å². The predicted octanol–water partition coefficient (Wildman–Crippen LogP) is 4.24. The maximum atomic E-state index is 14.4. The van der Waals surface area contributed by atoms with Crippen molar-refractivity contribution in [2.75, 3.05) is 26.7 Å². The van der Waals surface area contributed by atoms with Gasteiger partial charge in [0.15, 0.2) is 11.6 Å². The number of fused-ring (bicyclic) bond motifs is 2. The van der Waals surface area contributed by atoms with Gasteiger partial charge in [-0.2, -0.15) is 13.2 Å². The van der Waals surface area contributed by atoms with Crippen molar-refractivity contribution in [3.63, 3.8) is 0 Å². The molecular formula is C24H27F4N3O3. The van der Waals surface area contributed by atoms with Crippen molar-refractivity contribution in [3.8, 4) is 5.75 Å². The summed E-state index contributed by atoms with van der Waals surface area (Å²) in [6.45, 7) is 5.03. The summed E-state index contributed by atoms with van der Waals surface area (Å²) in [4.78, 5) is 28.6. The van der Waals surface area contributed by atoms with Crippen molar-refractivity contribution in [1.29, 1.82) is 0 Å². The fourth-order valence-corrected chi connectivity index (χ4v) is 5.00. The SMILES string of the molecule is CC(C)Oc1ccc(C(=O)N2CCC3(CC2)c2ccc(C(=O)C(F)(F)F)n2CCN3C)cc1F. The van der Waals surface area contributed by atoms with E-state index < -0.39 is 23.3 Å². The number of likely N-dealkylation sites (N-methyl/N-ethyl adjacent to an activating group) is 1. The molecule has 0 N–H and O–H groups in total. The van der Waals surface area contributed by atoms with E-state index >= 15 is 0 Å². The third-order valence-electron chi connectivity index (χ3n) is 6.76. The molecule has 0 saturated carbocycles. The Balaban J connectivity index is 1.53. The van der Waals surface area contributed by atoms with Gasteiger partial charge >= 0.3 is 6.18 Å². The maximum Gasteiger partial charge on any atom is 0.456 e. The van der Waals surface area contributed by atoms with Crippen LogP contribution in [0.5, 0.6) is 5.75 Å². The van der Waals surface area contributed by atoms with Crippen LogP contribution in [0, 0.1) is 5.82 Å². The monoisotopic (exact) mass is 481 g/mol. The Morgan fingerprint density at radius 1 is 1.03 bits per heavy atom. The van der Waals surface area contributed by atoms with E-state index in [1.807, 2.05) is 7.05 Å². The first-order valence-electron chi connectivity index (χ1n) is 11.2. The van der Waals surface area contributed by atoms with Crippen LogP contribution in [0.25, 0.3) is 0 Å². The minimum absolute atomic E-state index is 0.0814. The number of ketones is 1. The minimum atomic E-state index is -4.94. The first kappa shape index (κ1) is 24.3. The third kappa shape index (κ3) is 4.19. The predicted molar refractivity (Wildman–Crippen MR) is 116 cm³/mol. The minimum Gasteiger partial charge on any atom is -0.488 e. The first-order chi connectivity index (χ1) is 15.9. The lowest BCUT2D eigenvalue weighted by molar-refractivity contribution is -0.0892. The first-order valence-corrected chi connectivity index (χ1v) is 11.2. The normalized spacial score (nSPS) is 18.3. The molecule has 0 aliphatic carbocycles. The molecule has 2 aliphatic heterocycles. The molecule has 1 aromatic heterocycles. The van der Waals surface area contributed by atoms with Gasteiger partial charge in [0.2, 0.25) is 0 Å². The number of benzene rings is 1. The zero-order valence-electron chi connectivity index (χ0n) is 19.3. The summed E-state index contributed by atoms with van der Waals surface area (Å²) in [7, 11) is 1.90. The quantitative estimate of drug-likeness (QED) is 0.485. The van der Waals surface area contributed by atoms with E-state index in [9.17, 15) is 27.2 Å². The van der Waals surface area contributed by atoms with Crippen molar-refractivity contribution in [2.24, 2.45) is 0 Å². The molecule has 0 unspecified atom stereocenters. The maximum absolute atomic E-state index is 14.4. The second-order valence-electron chi connectivity index (χ2n) is 9.14. The van der Waals surface area contributed by atoms with Crippen LogP contribution in [0.3, 0.4) is 0 Å². The number of carbonyl (C=O) groups is 2. The summed E-state index contributed by atoms with van der Waals surface area (Å²) in [5.41, 5.74) is -0.0721. The molecule has 1 amide bonds. The number of rotatable bonds is 4. The zero-order valence-corrected chi connectivity index (χ0v) is 19.3. The van der Waals surface area contributed by atoms with Crippen molar-refractivity contribution in [2.45, 2.75) is 51.1 Å². The van der Waals surface area contributed by atoms with Crippen LogP contribution in [0.15, 0.2) is 30.3 Å². The Labute approximate surface area is 195 Å². The molecule has 2 aliphatic rings. The van der Waals surface area contributed by atoms with Gasteiger partial charge in [-0.25, -0.2) is 4.39 Å². The van der Waals surface area contributed by atoms with Gasteiger partial charge in [-0.05, 0) is 64.1 Å². The van der Waals surface area contributed by atoms with E-state index in [0.717, 1.165) is 6.07 Å². The van der Waals surface area contributed by atoms with E-state index in [2.05, 4.69) is 4.90 Å². The number of likely N-dealkylation sites (tertiary alicyclic amines) is 1. The number of halogens is 4. The number of alkyl halides is 3.